The SMILES string of the molecule is Cc1ccc(CNc2nnc(-c3c[nH]c4ncc(-c5cnn(C)c5)cc34)o2)cc1. The van der Waals surface area contributed by atoms with E-state index in [-0.39, 0.29) is 0 Å². The zero-order valence-corrected chi connectivity index (χ0v) is 16.0. The van der Waals surface area contributed by atoms with Gasteiger partial charge in [-0.2, -0.15) is 5.10 Å². The lowest BCUT2D eigenvalue weighted by molar-refractivity contribution is 0.581. The summed E-state index contributed by atoms with van der Waals surface area (Å²) in [5.74, 6) is 0.438. The van der Waals surface area contributed by atoms with Crippen LogP contribution >= 0.6 is 0 Å². The van der Waals surface area contributed by atoms with Gasteiger partial charge >= 0.3 is 6.01 Å². The molecule has 0 aliphatic rings. The van der Waals surface area contributed by atoms with Crippen molar-refractivity contribution < 1.29 is 4.42 Å². The fourth-order valence-electron chi connectivity index (χ4n) is 3.20. The summed E-state index contributed by atoms with van der Waals surface area (Å²) < 4.78 is 7.60. The van der Waals surface area contributed by atoms with Crippen molar-refractivity contribution in [3.05, 3.63) is 66.2 Å². The van der Waals surface area contributed by atoms with Gasteiger partial charge in [-0.1, -0.05) is 34.9 Å². The Kier molecular flexibility index (Phi) is 4.09. The van der Waals surface area contributed by atoms with Gasteiger partial charge in [-0.05, 0) is 18.6 Å². The number of aromatic amines is 1. The molecule has 0 fully saturated rings. The number of pyridine rings is 1. The van der Waals surface area contributed by atoms with Gasteiger partial charge in [-0.25, -0.2) is 4.98 Å². The molecule has 0 saturated carbocycles. The number of H-pyrrole nitrogens is 1. The van der Waals surface area contributed by atoms with Crippen molar-refractivity contribution in [2.75, 3.05) is 5.32 Å². The first-order valence-corrected chi connectivity index (χ1v) is 9.25. The van der Waals surface area contributed by atoms with Crippen LogP contribution in [0.5, 0.6) is 0 Å². The van der Waals surface area contributed by atoms with Crippen molar-refractivity contribution >= 4 is 17.0 Å². The van der Waals surface area contributed by atoms with Gasteiger partial charge < -0.3 is 14.7 Å². The summed E-state index contributed by atoms with van der Waals surface area (Å²) in [7, 11) is 1.89. The molecular weight excluding hydrogens is 366 g/mol. The Morgan fingerprint density at radius 2 is 1.97 bits per heavy atom. The minimum atomic E-state index is 0.381. The Labute approximate surface area is 166 Å². The minimum absolute atomic E-state index is 0.381. The molecule has 0 bridgehead atoms. The quantitative estimate of drug-likeness (QED) is 0.476. The molecule has 0 unspecified atom stereocenters. The zero-order chi connectivity index (χ0) is 19.8. The van der Waals surface area contributed by atoms with E-state index in [2.05, 4.69) is 67.8 Å². The third-order valence-electron chi connectivity index (χ3n) is 4.79. The van der Waals surface area contributed by atoms with E-state index in [1.807, 2.05) is 31.8 Å². The second kappa shape index (κ2) is 6.90. The average Bonchev–Trinajstić information content (AvgIpc) is 3.46. The first-order valence-electron chi connectivity index (χ1n) is 9.25. The van der Waals surface area contributed by atoms with Gasteiger partial charge in [0.2, 0.25) is 0 Å². The lowest BCUT2D eigenvalue weighted by Gasteiger charge is -2.02. The predicted molar refractivity (Wildman–Crippen MR) is 110 cm³/mol. The molecule has 0 radical (unpaired) electrons. The van der Waals surface area contributed by atoms with E-state index in [4.69, 9.17) is 4.42 Å². The molecule has 144 valence electrons. The number of hydrogen-bond acceptors (Lipinski definition) is 6. The summed E-state index contributed by atoms with van der Waals surface area (Å²) >= 11 is 0. The number of hydrogen-bond donors (Lipinski definition) is 2. The van der Waals surface area contributed by atoms with Crippen LogP contribution in [0.25, 0.3) is 33.6 Å². The second-order valence-corrected chi connectivity index (χ2v) is 6.98. The van der Waals surface area contributed by atoms with Crippen molar-refractivity contribution in [3.63, 3.8) is 0 Å². The third kappa shape index (κ3) is 3.36. The van der Waals surface area contributed by atoms with Crippen LogP contribution in [0, 0.1) is 6.92 Å². The van der Waals surface area contributed by atoms with Crippen molar-refractivity contribution in [3.8, 4) is 22.6 Å². The number of nitrogens with one attached hydrogen (secondary N) is 2. The Hall–Kier alpha value is -3.94. The highest BCUT2D eigenvalue weighted by Crippen LogP contribution is 2.30. The fourth-order valence-corrected chi connectivity index (χ4v) is 3.20. The van der Waals surface area contributed by atoms with Gasteiger partial charge in [-0.15, -0.1) is 5.10 Å². The molecule has 0 atom stereocenters. The number of aryl methyl sites for hydroxylation is 2. The monoisotopic (exact) mass is 385 g/mol. The van der Waals surface area contributed by atoms with E-state index in [1.165, 1.54) is 5.56 Å². The van der Waals surface area contributed by atoms with E-state index in [0.717, 1.165) is 33.3 Å². The summed E-state index contributed by atoms with van der Waals surface area (Å²) in [4.78, 5) is 7.67. The smallest absolute Gasteiger partial charge is 0.316 e. The number of rotatable bonds is 5. The molecule has 0 aliphatic heterocycles. The van der Waals surface area contributed by atoms with Gasteiger partial charge in [0.15, 0.2) is 0 Å². The molecule has 4 heterocycles. The molecule has 8 nitrogen and oxygen atoms in total. The lowest BCUT2D eigenvalue weighted by Crippen LogP contribution is -1.99. The maximum atomic E-state index is 5.83. The molecular formula is C21H19N7O. The third-order valence-corrected chi connectivity index (χ3v) is 4.79. The zero-order valence-electron chi connectivity index (χ0n) is 16.0. The maximum Gasteiger partial charge on any atom is 0.316 e. The molecule has 1 aromatic carbocycles. The van der Waals surface area contributed by atoms with Crippen LogP contribution < -0.4 is 5.32 Å². The average molecular weight is 385 g/mol. The molecule has 5 rings (SSSR count). The summed E-state index contributed by atoms with van der Waals surface area (Å²) in [6, 6.07) is 10.7. The summed E-state index contributed by atoms with van der Waals surface area (Å²) in [5.41, 5.74) is 5.93. The van der Waals surface area contributed by atoms with Gasteiger partial charge in [0, 0.05) is 48.7 Å². The van der Waals surface area contributed by atoms with Crippen LogP contribution in [0.2, 0.25) is 0 Å². The van der Waals surface area contributed by atoms with Gasteiger partial charge in [0.05, 0.1) is 11.8 Å². The Balaban J connectivity index is 1.41. The molecule has 0 aliphatic carbocycles. The number of aromatic nitrogens is 6. The van der Waals surface area contributed by atoms with Crippen molar-refractivity contribution in [1.82, 2.24) is 29.9 Å². The standard InChI is InChI=1S/C21H19N7O/c1-13-3-5-14(6-4-13)8-24-21-27-26-20(29-21)18-11-23-19-17(18)7-15(9-22-19)16-10-25-28(2)12-16/h3-7,9-12H,8H2,1-2H3,(H,22,23)(H,24,27). The number of fused-ring (bicyclic) bond motifs is 1. The van der Waals surface area contributed by atoms with Crippen LogP contribution in [0.1, 0.15) is 11.1 Å². The Morgan fingerprint density at radius 3 is 2.76 bits per heavy atom. The van der Waals surface area contributed by atoms with Gasteiger partial charge in [0.1, 0.15) is 5.65 Å². The van der Waals surface area contributed by atoms with E-state index < -0.39 is 0 Å². The van der Waals surface area contributed by atoms with Gasteiger partial charge in [-0.3, -0.25) is 4.68 Å². The van der Waals surface area contributed by atoms with Crippen LogP contribution in [0.3, 0.4) is 0 Å². The Morgan fingerprint density at radius 1 is 1.10 bits per heavy atom. The predicted octanol–water partition coefficient (Wildman–Crippen LogP) is 3.93. The fraction of sp³-hybridized carbons (Fsp3) is 0.143. The van der Waals surface area contributed by atoms with Crippen molar-refractivity contribution in [2.24, 2.45) is 7.05 Å². The molecule has 8 heteroatoms. The first-order chi connectivity index (χ1) is 14.2. The van der Waals surface area contributed by atoms with Crippen molar-refractivity contribution in [2.45, 2.75) is 13.5 Å². The van der Waals surface area contributed by atoms with Crippen LogP contribution in [-0.4, -0.2) is 29.9 Å². The summed E-state index contributed by atoms with van der Waals surface area (Å²) in [6.45, 7) is 2.68. The van der Waals surface area contributed by atoms with Crippen molar-refractivity contribution in [1.29, 1.82) is 0 Å². The number of benzene rings is 1. The molecule has 0 spiro atoms. The maximum absolute atomic E-state index is 5.83. The lowest BCUT2D eigenvalue weighted by atomic mass is 10.1. The minimum Gasteiger partial charge on any atom is -0.403 e. The highest BCUT2D eigenvalue weighted by Gasteiger charge is 2.15. The van der Waals surface area contributed by atoms with E-state index in [9.17, 15) is 0 Å². The molecule has 4 aromatic heterocycles. The van der Waals surface area contributed by atoms with E-state index in [1.54, 1.807) is 4.68 Å². The normalized spacial score (nSPS) is 11.2. The van der Waals surface area contributed by atoms with E-state index >= 15 is 0 Å². The highest BCUT2D eigenvalue weighted by molar-refractivity contribution is 5.93. The summed E-state index contributed by atoms with van der Waals surface area (Å²) in [6.07, 6.45) is 7.42. The van der Waals surface area contributed by atoms with Gasteiger partial charge in [0.25, 0.3) is 5.89 Å². The van der Waals surface area contributed by atoms with Crippen LogP contribution in [0.4, 0.5) is 6.01 Å². The number of nitrogens with zero attached hydrogens (tertiary/aromatic N) is 5. The summed E-state index contributed by atoms with van der Waals surface area (Å²) in [5, 5.41) is 16.6. The largest absolute Gasteiger partial charge is 0.403 e. The highest BCUT2D eigenvalue weighted by atomic mass is 16.4. The van der Waals surface area contributed by atoms with E-state index in [0.29, 0.717) is 18.5 Å². The molecule has 0 amide bonds. The Bertz CT molecular complexity index is 1280. The first kappa shape index (κ1) is 17.2. The molecule has 0 saturated heterocycles. The topological polar surface area (TPSA) is 97.5 Å². The molecule has 29 heavy (non-hydrogen) atoms. The number of anilines is 1. The second-order valence-electron chi connectivity index (χ2n) is 6.98. The van der Waals surface area contributed by atoms with Crippen LogP contribution in [0.15, 0.2) is 59.5 Å². The molecule has 5 aromatic rings. The van der Waals surface area contributed by atoms with Crippen LogP contribution in [-0.2, 0) is 13.6 Å². The molecule has 2 N–H and O–H groups in total.